The van der Waals surface area contributed by atoms with E-state index in [0.717, 1.165) is 47.9 Å². The first kappa shape index (κ1) is 35.0. The predicted molar refractivity (Wildman–Crippen MR) is 182 cm³/mol. The lowest BCUT2D eigenvalue weighted by Crippen LogP contribution is -2.35. The molecular weight excluding hydrogens is 641 g/mol. The lowest BCUT2D eigenvalue weighted by Gasteiger charge is -2.24. The quantitative estimate of drug-likeness (QED) is 0.166. The lowest BCUT2D eigenvalue weighted by molar-refractivity contribution is 0.0600. The molecule has 246 valence electrons. The fraction of sp³-hybridized carbons (Fsp3) is 0.257. The maximum atomic E-state index is 12.8. The highest BCUT2D eigenvalue weighted by atomic mass is 32.3. The summed E-state index contributed by atoms with van der Waals surface area (Å²) in [6, 6.07) is 21.1. The minimum atomic E-state index is -4.25. The van der Waals surface area contributed by atoms with Crippen LogP contribution < -0.4 is 13.2 Å². The Bertz CT molecular complexity index is 2050. The summed E-state index contributed by atoms with van der Waals surface area (Å²) in [5.74, 6) is 6.24. The van der Waals surface area contributed by atoms with Crippen molar-refractivity contribution in [3.8, 4) is 34.6 Å². The molecule has 0 spiro atoms. The predicted octanol–water partition coefficient (Wildman–Crippen LogP) is 5.55. The molecule has 0 amide bonds. The van der Waals surface area contributed by atoms with E-state index < -0.39 is 26.0 Å². The Labute approximate surface area is 276 Å². The van der Waals surface area contributed by atoms with Crippen molar-refractivity contribution < 1.29 is 35.8 Å². The van der Waals surface area contributed by atoms with Gasteiger partial charge in [-0.1, -0.05) is 62.9 Å². The number of carbonyl (C=O) groups excluding carboxylic acids is 1. The average molecular weight is 677 g/mol. The number of pyridine rings is 1. The maximum absolute atomic E-state index is 12.8. The molecule has 12 heteroatoms. The number of anilines is 1. The smallest absolute Gasteiger partial charge is 0.339 e. The van der Waals surface area contributed by atoms with Crippen LogP contribution in [-0.2, 0) is 36.8 Å². The summed E-state index contributed by atoms with van der Waals surface area (Å²) in [6.07, 6.45) is 3.17. The molecule has 1 aromatic heterocycles. The third-order valence-corrected chi connectivity index (χ3v) is 10.2. The van der Waals surface area contributed by atoms with Gasteiger partial charge in [-0.05, 0) is 59.0 Å². The van der Waals surface area contributed by atoms with Gasteiger partial charge in [0.1, 0.15) is 12.4 Å². The molecule has 3 aromatic carbocycles. The molecule has 1 heterocycles. The highest BCUT2D eigenvalue weighted by molar-refractivity contribution is 8.09. The van der Waals surface area contributed by atoms with Crippen molar-refractivity contribution in [1.82, 2.24) is 4.98 Å². The van der Waals surface area contributed by atoms with Crippen LogP contribution in [0.25, 0.3) is 11.1 Å². The largest absolute Gasteiger partial charge is 0.495 e. The Morgan fingerprint density at radius 3 is 2.11 bits per heavy atom. The summed E-state index contributed by atoms with van der Waals surface area (Å²) < 4.78 is 66.6. The fourth-order valence-corrected chi connectivity index (χ4v) is 7.86. The summed E-state index contributed by atoms with van der Waals surface area (Å²) >= 11 is 0. The second-order valence-electron chi connectivity index (χ2n) is 11.7. The molecule has 10 nitrogen and oxygen atoms in total. The van der Waals surface area contributed by atoms with E-state index in [1.54, 1.807) is 13.3 Å². The SMILES string of the molecule is COC(=O)c1cc(N(S(C)(=O)=O)S(C)(=O)=O)ccc1C#Cc1cc(-c2cccnc2OCc2ccccc2)cc(C(C)(C)C)c1OC. The van der Waals surface area contributed by atoms with Crippen LogP contribution in [0.4, 0.5) is 5.69 Å². The number of carbonyl (C=O) groups is 1. The van der Waals surface area contributed by atoms with Gasteiger partial charge in [0.05, 0.1) is 43.5 Å². The highest BCUT2D eigenvalue weighted by Crippen LogP contribution is 2.40. The first-order chi connectivity index (χ1) is 22.0. The standard InChI is InChI=1S/C35H36N2O8S2/c1-35(2,3)31-21-27(29-14-11-19-36-33(29)45-23-24-12-9-8-10-13-24)20-26(32(31)43-4)16-15-25-17-18-28(22-30(25)34(38)44-5)37(46(6,39)40)47(7,41)42/h8-14,17-22H,23H2,1-7H3. The Balaban J connectivity index is 1.89. The Hall–Kier alpha value is -4.86. The van der Waals surface area contributed by atoms with Gasteiger partial charge in [0, 0.05) is 22.9 Å². The topological polar surface area (TPSA) is 129 Å². The molecule has 0 atom stereocenters. The normalized spacial score (nSPS) is 11.6. The van der Waals surface area contributed by atoms with Crippen molar-refractivity contribution >= 4 is 31.7 Å². The van der Waals surface area contributed by atoms with E-state index in [2.05, 4.69) is 16.8 Å². The van der Waals surface area contributed by atoms with Crippen molar-refractivity contribution in [3.63, 3.8) is 0 Å². The molecule has 0 saturated carbocycles. The zero-order valence-corrected chi connectivity index (χ0v) is 28.8. The first-order valence-electron chi connectivity index (χ1n) is 14.3. The summed E-state index contributed by atoms with van der Waals surface area (Å²) in [5, 5.41) is 0. The molecule has 4 aromatic rings. The number of aromatic nitrogens is 1. The molecule has 0 bridgehead atoms. The summed E-state index contributed by atoms with van der Waals surface area (Å²) in [7, 11) is -5.79. The number of sulfonamides is 2. The van der Waals surface area contributed by atoms with E-state index in [0.29, 0.717) is 23.8 Å². The van der Waals surface area contributed by atoms with Gasteiger partial charge in [-0.15, -0.1) is 0 Å². The second-order valence-corrected chi connectivity index (χ2v) is 15.6. The van der Waals surface area contributed by atoms with Gasteiger partial charge in [0.25, 0.3) is 0 Å². The van der Waals surface area contributed by atoms with Crippen molar-refractivity contribution in [3.05, 3.63) is 107 Å². The third kappa shape index (κ3) is 8.30. The number of benzene rings is 3. The molecule has 0 saturated heterocycles. The Kier molecular flexibility index (Phi) is 10.3. The number of hydrogen-bond donors (Lipinski definition) is 0. The molecule has 0 aliphatic carbocycles. The van der Waals surface area contributed by atoms with Crippen LogP contribution in [0.15, 0.2) is 79.0 Å². The first-order valence-corrected chi connectivity index (χ1v) is 18.0. The Morgan fingerprint density at radius 2 is 1.51 bits per heavy atom. The van der Waals surface area contributed by atoms with Gasteiger partial charge >= 0.3 is 5.97 Å². The van der Waals surface area contributed by atoms with Crippen LogP contribution in [-0.4, -0.2) is 54.5 Å². The molecule has 0 aliphatic rings. The number of esters is 1. The second kappa shape index (κ2) is 13.9. The zero-order valence-electron chi connectivity index (χ0n) is 27.2. The average Bonchev–Trinajstić information content (AvgIpc) is 3.01. The van der Waals surface area contributed by atoms with E-state index >= 15 is 0 Å². The fourth-order valence-electron chi connectivity index (χ4n) is 4.90. The molecule has 0 aliphatic heterocycles. The van der Waals surface area contributed by atoms with Crippen molar-refractivity contribution in [2.24, 2.45) is 0 Å². The molecule has 4 rings (SSSR count). The van der Waals surface area contributed by atoms with Crippen LogP contribution in [0.1, 0.15) is 53.4 Å². The molecular formula is C35H36N2O8S2. The Morgan fingerprint density at radius 1 is 0.851 bits per heavy atom. The van der Waals surface area contributed by atoms with E-state index in [-0.39, 0.29) is 25.9 Å². The molecule has 0 fully saturated rings. The van der Waals surface area contributed by atoms with Crippen LogP contribution in [0.5, 0.6) is 11.6 Å². The van der Waals surface area contributed by atoms with Crippen molar-refractivity contribution in [2.45, 2.75) is 32.8 Å². The molecule has 0 unspecified atom stereocenters. The highest BCUT2D eigenvalue weighted by Gasteiger charge is 2.29. The van der Waals surface area contributed by atoms with Crippen LogP contribution in [0.2, 0.25) is 0 Å². The minimum Gasteiger partial charge on any atom is -0.495 e. The minimum absolute atomic E-state index is 0.121. The van der Waals surface area contributed by atoms with E-state index in [4.69, 9.17) is 14.2 Å². The number of hydrogen-bond acceptors (Lipinski definition) is 9. The molecule has 0 radical (unpaired) electrons. The van der Waals surface area contributed by atoms with E-state index in [9.17, 15) is 21.6 Å². The van der Waals surface area contributed by atoms with Crippen molar-refractivity contribution in [1.29, 1.82) is 0 Å². The van der Waals surface area contributed by atoms with E-state index in [1.165, 1.54) is 12.1 Å². The molecule has 0 N–H and O–H groups in total. The van der Waals surface area contributed by atoms with Gasteiger partial charge < -0.3 is 14.2 Å². The maximum Gasteiger partial charge on any atom is 0.339 e. The number of rotatable bonds is 9. The monoisotopic (exact) mass is 676 g/mol. The summed E-state index contributed by atoms with van der Waals surface area (Å²) in [6.45, 7) is 6.46. The van der Waals surface area contributed by atoms with Gasteiger partial charge in [0.15, 0.2) is 0 Å². The van der Waals surface area contributed by atoms with E-state index in [1.807, 2.05) is 75.4 Å². The van der Waals surface area contributed by atoms with Crippen LogP contribution in [0.3, 0.4) is 0 Å². The lowest BCUT2D eigenvalue weighted by atomic mass is 9.83. The number of nitrogens with zero attached hydrogens (tertiary/aromatic N) is 2. The number of methoxy groups -OCH3 is 2. The molecule has 47 heavy (non-hydrogen) atoms. The summed E-state index contributed by atoms with van der Waals surface area (Å²) in [5.41, 5.74) is 3.30. The summed E-state index contributed by atoms with van der Waals surface area (Å²) in [4.78, 5) is 17.3. The third-order valence-electron chi connectivity index (χ3n) is 6.96. The van der Waals surface area contributed by atoms with Gasteiger partial charge in [-0.2, -0.15) is 3.71 Å². The van der Waals surface area contributed by atoms with Gasteiger partial charge in [-0.3, -0.25) is 0 Å². The van der Waals surface area contributed by atoms with Crippen molar-refractivity contribution in [2.75, 3.05) is 30.4 Å². The van der Waals surface area contributed by atoms with Gasteiger partial charge in [0.2, 0.25) is 25.9 Å². The van der Waals surface area contributed by atoms with Crippen LogP contribution in [0, 0.1) is 11.8 Å². The number of ether oxygens (including phenoxy) is 3. The van der Waals surface area contributed by atoms with Gasteiger partial charge in [-0.25, -0.2) is 26.6 Å². The van der Waals surface area contributed by atoms with Crippen LogP contribution >= 0.6 is 0 Å². The zero-order chi connectivity index (χ0) is 34.6.